The van der Waals surface area contributed by atoms with E-state index >= 15 is 0 Å². The van der Waals surface area contributed by atoms with Gasteiger partial charge in [-0.2, -0.15) is 0 Å². The predicted octanol–water partition coefficient (Wildman–Crippen LogP) is 4.32. The van der Waals surface area contributed by atoms with Crippen molar-refractivity contribution < 1.29 is 0 Å². The first kappa shape index (κ1) is 10.4. The smallest absolute Gasteiger partial charge is 0.0262 e. The van der Waals surface area contributed by atoms with Crippen LogP contribution in [0.3, 0.4) is 0 Å². The van der Waals surface area contributed by atoms with Gasteiger partial charge in [0.1, 0.15) is 0 Å². The van der Waals surface area contributed by atoms with Crippen LogP contribution in [-0.2, 0) is 0 Å². The first-order valence-electron chi connectivity index (χ1n) is 6.57. The highest BCUT2D eigenvalue weighted by Crippen LogP contribution is 2.76. The molecular formula is C14H23Cl. The van der Waals surface area contributed by atoms with Crippen LogP contribution in [0.1, 0.15) is 46.5 Å². The second-order valence-corrected chi connectivity index (χ2v) is 7.30. The van der Waals surface area contributed by atoms with E-state index in [0.717, 1.165) is 29.6 Å². The van der Waals surface area contributed by atoms with E-state index in [1.807, 2.05) is 0 Å². The van der Waals surface area contributed by atoms with Gasteiger partial charge in [0.05, 0.1) is 0 Å². The zero-order valence-corrected chi connectivity index (χ0v) is 11.0. The Kier molecular flexibility index (Phi) is 2.05. The maximum atomic E-state index is 6.15. The average molecular weight is 227 g/mol. The SMILES string of the molecule is CC1(C)C(CCl)C1(C)C1CC2CCC1C2. The molecular weight excluding hydrogens is 204 g/mol. The molecule has 0 saturated heterocycles. The third-order valence-electron chi connectivity index (χ3n) is 6.56. The number of rotatable bonds is 2. The molecule has 0 radical (unpaired) electrons. The molecule has 0 aromatic rings. The van der Waals surface area contributed by atoms with E-state index in [-0.39, 0.29) is 0 Å². The van der Waals surface area contributed by atoms with Crippen LogP contribution in [0.15, 0.2) is 0 Å². The lowest BCUT2D eigenvalue weighted by Gasteiger charge is -2.31. The van der Waals surface area contributed by atoms with Crippen molar-refractivity contribution in [1.29, 1.82) is 0 Å². The van der Waals surface area contributed by atoms with Crippen molar-refractivity contribution in [3.63, 3.8) is 0 Å². The standard InChI is InChI=1S/C14H23Cl/c1-13(2)12(8-15)14(13,3)11-7-9-4-5-10(11)6-9/h9-12H,4-8H2,1-3H3. The Morgan fingerprint density at radius 2 is 1.87 bits per heavy atom. The van der Waals surface area contributed by atoms with E-state index in [9.17, 15) is 0 Å². The van der Waals surface area contributed by atoms with Crippen LogP contribution in [0.2, 0.25) is 0 Å². The topological polar surface area (TPSA) is 0 Å². The molecule has 2 bridgehead atoms. The number of fused-ring (bicyclic) bond motifs is 2. The van der Waals surface area contributed by atoms with Crippen LogP contribution in [-0.4, -0.2) is 5.88 Å². The minimum absolute atomic E-state index is 0.504. The normalized spacial score (nSPS) is 56.0. The van der Waals surface area contributed by atoms with Crippen LogP contribution in [0.25, 0.3) is 0 Å². The van der Waals surface area contributed by atoms with E-state index in [1.54, 1.807) is 0 Å². The fourth-order valence-corrected chi connectivity index (χ4v) is 5.91. The number of alkyl halides is 1. The Balaban J connectivity index is 1.84. The van der Waals surface area contributed by atoms with E-state index in [1.165, 1.54) is 25.7 Å². The Labute approximate surface area is 98.8 Å². The first-order valence-corrected chi connectivity index (χ1v) is 7.11. The second kappa shape index (κ2) is 2.94. The minimum atomic E-state index is 0.504. The zero-order valence-electron chi connectivity index (χ0n) is 10.2. The van der Waals surface area contributed by atoms with E-state index in [4.69, 9.17) is 11.6 Å². The van der Waals surface area contributed by atoms with Gasteiger partial charge < -0.3 is 0 Å². The summed E-state index contributed by atoms with van der Waals surface area (Å²) in [6, 6.07) is 0. The maximum absolute atomic E-state index is 6.15. The highest BCUT2D eigenvalue weighted by molar-refractivity contribution is 6.18. The lowest BCUT2D eigenvalue weighted by atomic mass is 9.74. The zero-order chi connectivity index (χ0) is 10.8. The largest absolute Gasteiger partial charge is 0.126 e. The predicted molar refractivity (Wildman–Crippen MR) is 65.0 cm³/mol. The molecule has 3 fully saturated rings. The van der Waals surface area contributed by atoms with Gasteiger partial charge in [-0.3, -0.25) is 0 Å². The van der Waals surface area contributed by atoms with Gasteiger partial charge in [0.2, 0.25) is 0 Å². The summed E-state index contributed by atoms with van der Waals surface area (Å²) in [4.78, 5) is 0. The van der Waals surface area contributed by atoms with Crippen molar-refractivity contribution in [2.45, 2.75) is 46.5 Å². The Bertz CT molecular complexity index is 283. The Morgan fingerprint density at radius 3 is 2.27 bits per heavy atom. The van der Waals surface area contributed by atoms with Gasteiger partial charge in [0.25, 0.3) is 0 Å². The lowest BCUT2D eigenvalue weighted by Crippen LogP contribution is -2.24. The Morgan fingerprint density at radius 1 is 1.13 bits per heavy atom. The molecule has 0 nitrogen and oxygen atoms in total. The van der Waals surface area contributed by atoms with Gasteiger partial charge >= 0.3 is 0 Å². The molecule has 3 aliphatic rings. The first-order chi connectivity index (χ1) is 7.01. The van der Waals surface area contributed by atoms with Crippen LogP contribution < -0.4 is 0 Å². The van der Waals surface area contributed by atoms with E-state index in [0.29, 0.717) is 10.8 Å². The summed E-state index contributed by atoms with van der Waals surface area (Å²) in [6.07, 6.45) is 6.07. The molecule has 0 aliphatic heterocycles. The van der Waals surface area contributed by atoms with Gasteiger partial charge in [-0.1, -0.05) is 27.2 Å². The highest BCUT2D eigenvalue weighted by atomic mass is 35.5. The van der Waals surface area contributed by atoms with Crippen LogP contribution in [0.4, 0.5) is 0 Å². The van der Waals surface area contributed by atoms with Crippen LogP contribution >= 0.6 is 11.6 Å². The van der Waals surface area contributed by atoms with Gasteiger partial charge in [0, 0.05) is 5.88 Å². The van der Waals surface area contributed by atoms with Crippen molar-refractivity contribution in [3.05, 3.63) is 0 Å². The molecule has 1 heteroatoms. The number of halogens is 1. The molecule has 0 aromatic heterocycles. The molecule has 5 unspecified atom stereocenters. The van der Waals surface area contributed by atoms with Crippen LogP contribution in [0, 0.1) is 34.5 Å². The molecule has 5 atom stereocenters. The summed E-state index contributed by atoms with van der Waals surface area (Å²) in [5.74, 6) is 4.76. The van der Waals surface area contributed by atoms with Gasteiger partial charge in [-0.15, -0.1) is 11.6 Å². The molecule has 0 heterocycles. The molecule has 0 amide bonds. The maximum Gasteiger partial charge on any atom is 0.0262 e. The molecule has 15 heavy (non-hydrogen) atoms. The molecule has 0 N–H and O–H groups in total. The molecule has 3 aliphatic carbocycles. The number of hydrogen-bond acceptors (Lipinski definition) is 0. The summed E-state index contributed by atoms with van der Waals surface area (Å²) in [5.41, 5.74) is 1.07. The summed E-state index contributed by atoms with van der Waals surface area (Å²) in [7, 11) is 0. The van der Waals surface area contributed by atoms with E-state index < -0.39 is 0 Å². The molecule has 3 saturated carbocycles. The van der Waals surface area contributed by atoms with Gasteiger partial charge in [0.15, 0.2) is 0 Å². The monoisotopic (exact) mass is 226 g/mol. The summed E-state index contributed by atoms with van der Waals surface area (Å²) < 4.78 is 0. The molecule has 0 spiro atoms. The van der Waals surface area contributed by atoms with Gasteiger partial charge in [-0.05, 0) is 53.8 Å². The molecule has 3 rings (SSSR count). The van der Waals surface area contributed by atoms with Crippen molar-refractivity contribution in [2.24, 2.45) is 34.5 Å². The Hall–Kier alpha value is 0.290. The van der Waals surface area contributed by atoms with Crippen molar-refractivity contribution in [1.82, 2.24) is 0 Å². The minimum Gasteiger partial charge on any atom is -0.126 e. The van der Waals surface area contributed by atoms with Crippen molar-refractivity contribution in [2.75, 3.05) is 5.88 Å². The third-order valence-corrected chi connectivity index (χ3v) is 6.87. The third kappa shape index (κ3) is 1.10. The summed E-state index contributed by atoms with van der Waals surface area (Å²) >= 11 is 6.15. The fraction of sp³-hybridized carbons (Fsp3) is 1.00. The molecule has 0 aromatic carbocycles. The highest BCUT2D eigenvalue weighted by Gasteiger charge is 2.72. The summed E-state index contributed by atoms with van der Waals surface area (Å²) in [6.45, 7) is 7.39. The lowest BCUT2D eigenvalue weighted by molar-refractivity contribution is 0.179. The average Bonchev–Trinajstić information content (AvgIpc) is 2.68. The quantitative estimate of drug-likeness (QED) is 0.615. The van der Waals surface area contributed by atoms with Crippen molar-refractivity contribution in [3.8, 4) is 0 Å². The molecule has 86 valence electrons. The van der Waals surface area contributed by atoms with Crippen LogP contribution in [0.5, 0.6) is 0 Å². The summed E-state index contributed by atoms with van der Waals surface area (Å²) in [5, 5.41) is 0. The van der Waals surface area contributed by atoms with Crippen molar-refractivity contribution >= 4 is 11.6 Å². The van der Waals surface area contributed by atoms with E-state index in [2.05, 4.69) is 20.8 Å². The fourth-order valence-electron chi connectivity index (χ4n) is 5.21. The number of hydrogen-bond donors (Lipinski definition) is 0. The van der Waals surface area contributed by atoms with Gasteiger partial charge in [-0.25, -0.2) is 0 Å². The second-order valence-electron chi connectivity index (χ2n) is 6.99.